The van der Waals surface area contributed by atoms with Crippen LogP contribution in [0.5, 0.6) is 0 Å². The molecule has 13 heavy (non-hydrogen) atoms. The van der Waals surface area contributed by atoms with Crippen molar-refractivity contribution in [2.24, 2.45) is 5.92 Å². The molecule has 0 rings (SSSR count). The number of rotatable bonds is 4. The molecule has 1 nitrogen and oxygen atoms in total. The quantitative estimate of drug-likeness (QED) is 0.625. The Hall–Kier alpha value is 0.177. The first-order valence-corrected chi connectivity index (χ1v) is 8.25. The van der Waals surface area contributed by atoms with Gasteiger partial charge in [0.25, 0.3) is 0 Å². The maximum Gasteiger partial charge on any atom is 0.191 e. The van der Waals surface area contributed by atoms with Gasteiger partial charge in [0, 0.05) is 6.61 Å². The lowest BCUT2D eigenvalue weighted by Crippen LogP contribution is -2.41. The van der Waals surface area contributed by atoms with Gasteiger partial charge in [-0.3, -0.25) is 0 Å². The van der Waals surface area contributed by atoms with Crippen LogP contribution in [0.15, 0.2) is 0 Å². The van der Waals surface area contributed by atoms with E-state index in [-0.39, 0.29) is 0 Å². The summed E-state index contributed by atoms with van der Waals surface area (Å²) in [5.41, 5.74) is 0. The summed E-state index contributed by atoms with van der Waals surface area (Å²) in [6, 6.07) is 0. The topological polar surface area (TPSA) is 9.23 Å². The Labute approximate surface area is 85.0 Å². The molecule has 0 aromatic carbocycles. The molecule has 0 unspecified atom stereocenters. The van der Waals surface area contributed by atoms with Gasteiger partial charge in [0.2, 0.25) is 0 Å². The fourth-order valence-electron chi connectivity index (χ4n) is 0.685. The Morgan fingerprint density at radius 3 is 2.00 bits per heavy atom. The van der Waals surface area contributed by atoms with Crippen molar-refractivity contribution in [2.75, 3.05) is 6.61 Å². The Kier molecular flexibility index (Phi) is 4.67. The van der Waals surface area contributed by atoms with Crippen molar-refractivity contribution in [3.05, 3.63) is 0 Å². The smallest absolute Gasteiger partial charge is 0.191 e. The summed E-state index contributed by atoms with van der Waals surface area (Å²) in [5, 5.41) is 0.348. The second-order valence-electron chi connectivity index (χ2n) is 5.58. The van der Waals surface area contributed by atoms with Gasteiger partial charge in [-0.05, 0) is 24.1 Å². The third kappa shape index (κ3) is 4.27. The summed E-state index contributed by atoms with van der Waals surface area (Å²) >= 11 is 0. The molecule has 0 aromatic rings. The third-order valence-corrected chi connectivity index (χ3v) is 7.73. The van der Waals surface area contributed by atoms with Crippen LogP contribution in [0, 0.1) is 5.92 Å². The van der Waals surface area contributed by atoms with E-state index in [4.69, 9.17) is 4.43 Å². The van der Waals surface area contributed by atoms with Crippen LogP contribution >= 0.6 is 0 Å². The maximum absolute atomic E-state index is 6.09. The van der Waals surface area contributed by atoms with E-state index < -0.39 is 8.32 Å². The van der Waals surface area contributed by atoms with Crippen LogP contribution in [0.1, 0.15) is 41.0 Å². The van der Waals surface area contributed by atoms with Gasteiger partial charge in [-0.15, -0.1) is 0 Å². The Morgan fingerprint density at radius 2 is 1.69 bits per heavy atom. The molecule has 0 spiro atoms. The molecule has 0 bridgehead atoms. The molecule has 0 fully saturated rings. The first kappa shape index (κ1) is 13.2. The molecule has 0 aromatic heterocycles. The van der Waals surface area contributed by atoms with E-state index in [1.54, 1.807) is 0 Å². The van der Waals surface area contributed by atoms with E-state index in [9.17, 15) is 0 Å². The molecule has 0 saturated heterocycles. The highest BCUT2D eigenvalue weighted by Crippen LogP contribution is 2.36. The Morgan fingerprint density at radius 1 is 1.23 bits per heavy atom. The molecule has 0 radical (unpaired) electrons. The predicted octanol–water partition coefficient (Wildman–Crippen LogP) is 4.05. The van der Waals surface area contributed by atoms with Gasteiger partial charge in [-0.1, -0.05) is 41.0 Å². The highest BCUT2D eigenvalue weighted by molar-refractivity contribution is 6.74. The van der Waals surface area contributed by atoms with Crippen molar-refractivity contribution >= 4 is 8.32 Å². The Bertz CT molecular complexity index is 147. The largest absolute Gasteiger partial charge is 0.417 e. The van der Waals surface area contributed by atoms with Gasteiger partial charge in [-0.2, -0.15) is 0 Å². The van der Waals surface area contributed by atoms with E-state index in [1.165, 1.54) is 6.42 Å². The molecular weight excluding hydrogens is 176 g/mol. The van der Waals surface area contributed by atoms with Gasteiger partial charge in [0.1, 0.15) is 0 Å². The SMILES string of the molecule is CC[C@H](C)CO[Si](C)(C)C(C)(C)C. The maximum atomic E-state index is 6.09. The van der Waals surface area contributed by atoms with E-state index in [0.29, 0.717) is 11.0 Å². The second-order valence-corrected chi connectivity index (χ2v) is 10.4. The molecule has 0 heterocycles. The van der Waals surface area contributed by atoms with Crippen molar-refractivity contribution in [1.29, 1.82) is 0 Å². The first-order valence-electron chi connectivity index (χ1n) is 5.34. The summed E-state index contributed by atoms with van der Waals surface area (Å²) in [5.74, 6) is 0.703. The van der Waals surface area contributed by atoms with Crippen molar-refractivity contribution in [2.45, 2.75) is 59.2 Å². The molecule has 2 heteroatoms. The van der Waals surface area contributed by atoms with Gasteiger partial charge in [0.05, 0.1) is 0 Å². The molecule has 0 saturated carbocycles. The molecule has 80 valence electrons. The summed E-state index contributed by atoms with van der Waals surface area (Å²) in [7, 11) is -1.48. The van der Waals surface area contributed by atoms with Crippen LogP contribution in [0.2, 0.25) is 18.1 Å². The summed E-state index contributed by atoms with van der Waals surface area (Å²) < 4.78 is 6.09. The van der Waals surface area contributed by atoms with Gasteiger partial charge >= 0.3 is 0 Å². The van der Waals surface area contributed by atoms with Crippen LogP contribution in [0.25, 0.3) is 0 Å². The van der Waals surface area contributed by atoms with Crippen molar-refractivity contribution < 1.29 is 4.43 Å². The summed E-state index contributed by atoms with van der Waals surface area (Å²) in [6.07, 6.45) is 1.22. The highest BCUT2D eigenvalue weighted by atomic mass is 28.4. The predicted molar refractivity (Wildman–Crippen MR) is 62.6 cm³/mol. The molecule has 0 aliphatic carbocycles. The zero-order chi connectivity index (χ0) is 10.7. The minimum atomic E-state index is -1.48. The standard InChI is InChI=1S/C11H26OSi/c1-8-10(2)9-12-13(6,7)11(3,4)5/h10H,8-9H2,1-7H3/t10-/m0/s1. The van der Waals surface area contributed by atoms with Crippen molar-refractivity contribution in [3.8, 4) is 0 Å². The van der Waals surface area contributed by atoms with E-state index in [2.05, 4.69) is 47.7 Å². The van der Waals surface area contributed by atoms with E-state index >= 15 is 0 Å². The van der Waals surface area contributed by atoms with Gasteiger partial charge in [-0.25, -0.2) is 0 Å². The molecule has 0 aliphatic rings. The van der Waals surface area contributed by atoms with E-state index in [1.807, 2.05) is 0 Å². The molecule has 1 atom stereocenters. The lowest BCUT2D eigenvalue weighted by molar-refractivity contribution is 0.234. The van der Waals surface area contributed by atoms with E-state index in [0.717, 1.165) is 6.61 Å². The van der Waals surface area contributed by atoms with Crippen LogP contribution in [0.3, 0.4) is 0 Å². The lowest BCUT2D eigenvalue weighted by atomic mass is 10.1. The summed E-state index contributed by atoms with van der Waals surface area (Å²) in [6.45, 7) is 16.9. The third-order valence-electron chi connectivity index (χ3n) is 3.23. The molecule has 0 aliphatic heterocycles. The van der Waals surface area contributed by atoms with Gasteiger partial charge < -0.3 is 4.43 Å². The lowest BCUT2D eigenvalue weighted by Gasteiger charge is -2.36. The second kappa shape index (κ2) is 4.60. The fraction of sp³-hybridized carbons (Fsp3) is 1.00. The van der Waals surface area contributed by atoms with Crippen molar-refractivity contribution in [1.82, 2.24) is 0 Å². The monoisotopic (exact) mass is 202 g/mol. The molecule has 0 amide bonds. The fourth-order valence-corrected chi connectivity index (χ4v) is 1.82. The van der Waals surface area contributed by atoms with Crippen LogP contribution in [-0.2, 0) is 4.43 Å². The number of hydrogen-bond donors (Lipinski definition) is 0. The number of hydrogen-bond acceptors (Lipinski definition) is 1. The zero-order valence-corrected chi connectivity index (χ0v) is 11.4. The Balaban J connectivity index is 4.04. The van der Waals surface area contributed by atoms with Crippen LogP contribution in [-0.4, -0.2) is 14.9 Å². The van der Waals surface area contributed by atoms with Crippen molar-refractivity contribution in [3.63, 3.8) is 0 Å². The average Bonchev–Trinajstić information content (AvgIpc) is 1.98. The van der Waals surface area contributed by atoms with Crippen LogP contribution in [0.4, 0.5) is 0 Å². The minimum Gasteiger partial charge on any atom is -0.417 e. The van der Waals surface area contributed by atoms with Gasteiger partial charge in [0.15, 0.2) is 8.32 Å². The zero-order valence-electron chi connectivity index (χ0n) is 10.4. The van der Waals surface area contributed by atoms with Crippen LogP contribution < -0.4 is 0 Å². The summed E-state index contributed by atoms with van der Waals surface area (Å²) in [4.78, 5) is 0. The molecule has 0 N–H and O–H groups in total. The normalized spacial score (nSPS) is 15.9. The minimum absolute atomic E-state index is 0.348. The first-order chi connectivity index (χ1) is 5.70. The average molecular weight is 202 g/mol. The molecular formula is C11H26OSi. The highest BCUT2D eigenvalue weighted by Gasteiger charge is 2.37.